The predicted molar refractivity (Wildman–Crippen MR) is 127 cm³/mol. The molecule has 174 valence electrons. The Labute approximate surface area is 197 Å². The van der Waals surface area contributed by atoms with E-state index in [4.69, 9.17) is 14.2 Å². The number of nitrogens with zero attached hydrogens (tertiary/aromatic N) is 1. The molecule has 0 aliphatic carbocycles. The molecule has 7 heteroatoms. The van der Waals surface area contributed by atoms with Crippen LogP contribution in [0.1, 0.15) is 23.6 Å². The Kier molecular flexibility index (Phi) is 5.94. The Bertz CT molecular complexity index is 1290. The Balaban J connectivity index is 1.67. The van der Waals surface area contributed by atoms with Gasteiger partial charge in [-0.1, -0.05) is 42.5 Å². The van der Waals surface area contributed by atoms with Crippen LogP contribution >= 0.6 is 0 Å². The molecule has 0 spiro atoms. The lowest BCUT2D eigenvalue weighted by atomic mass is 9.91. The first kappa shape index (κ1) is 22.0. The molecule has 0 radical (unpaired) electrons. The van der Waals surface area contributed by atoms with Gasteiger partial charge in [0.25, 0.3) is 11.7 Å². The highest BCUT2D eigenvalue weighted by molar-refractivity contribution is 6.46. The smallest absolute Gasteiger partial charge is 0.295 e. The Hall–Kier alpha value is -3.84. The first-order chi connectivity index (χ1) is 16.6. The van der Waals surface area contributed by atoms with Gasteiger partial charge in [0.2, 0.25) is 0 Å². The number of methoxy groups -OCH3 is 1. The van der Waals surface area contributed by atoms with Gasteiger partial charge in [-0.2, -0.15) is 0 Å². The molecule has 1 fully saturated rings. The summed E-state index contributed by atoms with van der Waals surface area (Å²) in [6, 6.07) is 17.9. The molecule has 34 heavy (non-hydrogen) atoms. The van der Waals surface area contributed by atoms with Crippen LogP contribution < -0.4 is 9.47 Å². The molecular weight excluding hydrogens is 434 g/mol. The summed E-state index contributed by atoms with van der Waals surface area (Å²) in [7, 11) is 1.60. The van der Waals surface area contributed by atoms with E-state index in [1.165, 1.54) is 4.90 Å². The van der Waals surface area contributed by atoms with Gasteiger partial charge >= 0.3 is 0 Å². The highest BCUT2D eigenvalue weighted by Gasteiger charge is 2.46. The zero-order valence-corrected chi connectivity index (χ0v) is 18.8. The van der Waals surface area contributed by atoms with Crippen LogP contribution in [0.2, 0.25) is 0 Å². The van der Waals surface area contributed by atoms with Gasteiger partial charge < -0.3 is 24.2 Å². The Morgan fingerprint density at radius 3 is 2.62 bits per heavy atom. The molecule has 2 heterocycles. The van der Waals surface area contributed by atoms with Crippen LogP contribution in [0.15, 0.2) is 66.2 Å². The number of ether oxygens (including phenoxy) is 3. The second-order valence-corrected chi connectivity index (χ2v) is 8.27. The maximum absolute atomic E-state index is 13.3. The largest absolute Gasteiger partial charge is 0.507 e. The topological polar surface area (TPSA) is 85.3 Å². The lowest BCUT2D eigenvalue weighted by Gasteiger charge is -2.26. The van der Waals surface area contributed by atoms with E-state index in [9.17, 15) is 14.7 Å². The average Bonchev–Trinajstić information content (AvgIpc) is 3.12. The number of fused-ring (bicyclic) bond motifs is 2. The fourth-order valence-electron chi connectivity index (χ4n) is 4.65. The number of carbonyl (C=O) groups excluding carboxylic acids is 2. The molecule has 0 saturated carbocycles. The third-order valence-corrected chi connectivity index (χ3v) is 6.22. The molecule has 5 rings (SSSR count). The van der Waals surface area contributed by atoms with Crippen molar-refractivity contribution < 1.29 is 28.9 Å². The van der Waals surface area contributed by atoms with Crippen LogP contribution in [-0.4, -0.2) is 55.2 Å². The van der Waals surface area contributed by atoms with Crippen LogP contribution in [0, 0.1) is 0 Å². The number of aliphatic hydroxyl groups is 1. The van der Waals surface area contributed by atoms with E-state index < -0.39 is 17.7 Å². The monoisotopic (exact) mass is 459 g/mol. The second kappa shape index (κ2) is 9.19. The summed E-state index contributed by atoms with van der Waals surface area (Å²) in [5.74, 6) is -0.502. The minimum Gasteiger partial charge on any atom is -0.507 e. The summed E-state index contributed by atoms with van der Waals surface area (Å²) in [6.07, 6.45) is 0.564. The van der Waals surface area contributed by atoms with Gasteiger partial charge in [-0.15, -0.1) is 0 Å². The van der Waals surface area contributed by atoms with Gasteiger partial charge in [-0.25, -0.2) is 0 Å². The third-order valence-electron chi connectivity index (χ3n) is 6.22. The van der Waals surface area contributed by atoms with Crippen molar-refractivity contribution in [3.05, 3.63) is 77.4 Å². The molecule has 1 unspecified atom stereocenters. The van der Waals surface area contributed by atoms with Gasteiger partial charge in [-0.3, -0.25) is 9.59 Å². The summed E-state index contributed by atoms with van der Waals surface area (Å²) in [5.41, 5.74) is 1.24. The summed E-state index contributed by atoms with van der Waals surface area (Å²) in [4.78, 5) is 28.0. The summed E-state index contributed by atoms with van der Waals surface area (Å²) < 4.78 is 16.4. The minimum atomic E-state index is -0.726. The molecule has 3 aromatic carbocycles. The summed E-state index contributed by atoms with van der Waals surface area (Å²) >= 11 is 0. The lowest BCUT2D eigenvalue weighted by molar-refractivity contribution is -0.140. The third kappa shape index (κ3) is 3.78. The fraction of sp³-hybridized carbons (Fsp3) is 0.259. The van der Waals surface area contributed by atoms with Gasteiger partial charge in [-0.05, 0) is 41.0 Å². The van der Waals surface area contributed by atoms with Crippen LogP contribution in [0.25, 0.3) is 16.5 Å². The first-order valence-electron chi connectivity index (χ1n) is 11.2. The fourth-order valence-corrected chi connectivity index (χ4v) is 4.65. The van der Waals surface area contributed by atoms with E-state index in [2.05, 4.69) is 0 Å². The number of hydrogen-bond donors (Lipinski definition) is 1. The molecule has 0 aromatic heterocycles. The van der Waals surface area contributed by atoms with Crippen molar-refractivity contribution in [2.75, 3.05) is 33.5 Å². The number of likely N-dealkylation sites (tertiary alicyclic amines) is 1. The maximum atomic E-state index is 13.3. The molecular formula is C27H25NO6. The van der Waals surface area contributed by atoms with Gasteiger partial charge in [0.15, 0.2) is 11.5 Å². The average molecular weight is 459 g/mol. The maximum Gasteiger partial charge on any atom is 0.295 e. The van der Waals surface area contributed by atoms with E-state index in [0.717, 1.165) is 16.3 Å². The molecule has 1 amide bonds. The molecule has 0 bridgehead atoms. The zero-order valence-electron chi connectivity index (χ0n) is 18.8. The highest BCUT2D eigenvalue weighted by atomic mass is 16.6. The molecule has 1 atom stereocenters. The highest BCUT2D eigenvalue weighted by Crippen LogP contribution is 2.43. The first-order valence-corrected chi connectivity index (χ1v) is 11.2. The zero-order chi connectivity index (χ0) is 23.7. The molecule has 1 N–H and O–H groups in total. The summed E-state index contributed by atoms with van der Waals surface area (Å²) in [6.45, 7) is 1.63. The second-order valence-electron chi connectivity index (χ2n) is 8.27. The number of carbonyl (C=O) groups is 2. The van der Waals surface area contributed by atoms with Crippen molar-refractivity contribution in [1.29, 1.82) is 0 Å². The van der Waals surface area contributed by atoms with E-state index in [1.807, 2.05) is 42.5 Å². The van der Waals surface area contributed by atoms with Crippen LogP contribution in [0.4, 0.5) is 0 Å². The molecule has 7 nitrogen and oxygen atoms in total. The normalized spacial score (nSPS) is 19.1. The summed E-state index contributed by atoms with van der Waals surface area (Å²) in [5, 5.41) is 13.3. The van der Waals surface area contributed by atoms with Gasteiger partial charge in [0.05, 0.1) is 11.6 Å². The van der Waals surface area contributed by atoms with Crippen molar-refractivity contribution in [3.8, 4) is 11.5 Å². The van der Waals surface area contributed by atoms with Crippen molar-refractivity contribution in [2.24, 2.45) is 0 Å². The van der Waals surface area contributed by atoms with E-state index in [0.29, 0.717) is 49.8 Å². The van der Waals surface area contributed by atoms with Gasteiger partial charge in [0, 0.05) is 25.8 Å². The number of aliphatic hydroxyl groups excluding tert-OH is 1. The van der Waals surface area contributed by atoms with E-state index >= 15 is 0 Å². The van der Waals surface area contributed by atoms with Crippen molar-refractivity contribution in [2.45, 2.75) is 12.5 Å². The molecule has 2 aliphatic rings. The number of benzene rings is 3. The van der Waals surface area contributed by atoms with Crippen LogP contribution in [0.5, 0.6) is 11.5 Å². The molecule has 3 aromatic rings. The number of hydrogen-bond acceptors (Lipinski definition) is 6. The predicted octanol–water partition coefficient (Wildman–Crippen LogP) is 4.07. The number of amides is 1. The van der Waals surface area contributed by atoms with Crippen LogP contribution in [-0.2, 0) is 14.3 Å². The van der Waals surface area contributed by atoms with E-state index in [1.54, 1.807) is 25.3 Å². The number of rotatable bonds is 6. The molecule has 2 aliphatic heterocycles. The van der Waals surface area contributed by atoms with Crippen molar-refractivity contribution in [3.63, 3.8) is 0 Å². The van der Waals surface area contributed by atoms with Crippen LogP contribution in [0.3, 0.4) is 0 Å². The van der Waals surface area contributed by atoms with Gasteiger partial charge in [0.1, 0.15) is 19.0 Å². The standard InChI is InChI=1S/C27H25NO6/c1-32-13-5-12-28-24(20-9-4-7-17-6-2-3-8-19(17)20)23(26(30)27(28)31)25(29)18-10-11-21-22(16-18)34-15-14-33-21/h2-4,6-11,16,24,29H,5,12-15H2,1H3. The van der Waals surface area contributed by atoms with Crippen molar-refractivity contribution in [1.82, 2.24) is 4.90 Å². The van der Waals surface area contributed by atoms with Crippen molar-refractivity contribution >= 4 is 28.2 Å². The number of ketones is 1. The minimum absolute atomic E-state index is 0.0652. The SMILES string of the molecule is COCCCN1C(=O)C(=O)C(=C(O)c2ccc3c(c2)OCCO3)C1c1cccc2ccccc12. The Morgan fingerprint density at radius 1 is 1.03 bits per heavy atom. The Morgan fingerprint density at radius 2 is 1.79 bits per heavy atom. The quantitative estimate of drug-likeness (QED) is 0.259. The number of Topliss-reactive ketones (excluding diaryl/α,β-unsaturated/α-hetero) is 1. The molecule has 1 saturated heterocycles. The van der Waals surface area contributed by atoms with E-state index in [-0.39, 0.29) is 11.3 Å². The lowest BCUT2D eigenvalue weighted by Crippen LogP contribution is -2.31.